The maximum absolute atomic E-state index is 13.0. The lowest BCUT2D eigenvalue weighted by atomic mass is 10.2. The molecule has 12 heteroatoms. The minimum absolute atomic E-state index is 0.00767. The Balaban J connectivity index is 2.02. The Labute approximate surface area is 141 Å². The zero-order chi connectivity index (χ0) is 18.2. The standard InChI is InChI=1S/C13H11F6N5S/c14-12(15,16)10-21-5-7(6-22-10)8-9(24-3-1-20-2-4-24)25-11(23-8)13(17,18)19/h5-6,20H,1-4H2. The van der Waals surface area contributed by atoms with Crippen LogP contribution in [-0.2, 0) is 12.4 Å². The summed E-state index contributed by atoms with van der Waals surface area (Å²) < 4.78 is 76.7. The number of hydrogen-bond donors (Lipinski definition) is 1. The number of thiazole rings is 1. The van der Waals surface area contributed by atoms with Gasteiger partial charge in [0.05, 0.1) is 0 Å². The number of rotatable bonds is 2. The van der Waals surface area contributed by atoms with Gasteiger partial charge in [-0.15, -0.1) is 0 Å². The fraction of sp³-hybridized carbons (Fsp3) is 0.462. The molecule has 25 heavy (non-hydrogen) atoms. The molecule has 0 atom stereocenters. The Morgan fingerprint density at radius 1 is 0.960 bits per heavy atom. The van der Waals surface area contributed by atoms with Gasteiger partial charge in [0, 0.05) is 44.1 Å². The summed E-state index contributed by atoms with van der Waals surface area (Å²) >= 11 is 0.462. The van der Waals surface area contributed by atoms with Gasteiger partial charge in [0.2, 0.25) is 10.8 Å². The summed E-state index contributed by atoms with van der Waals surface area (Å²) in [5, 5.41) is 2.26. The molecular formula is C13H11F6N5S. The van der Waals surface area contributed by atoms with Crippen LogP contribution in [0.4, 0.5) is 31.3 Å². The van der Waals surface area contributed by atoms with Crippen LogP contribution in [0.25, 0.3) is 11.3 Å². The van der Waals surface area contributed by atoms with E-state index in [1.807, 2.05) is 0 Å². The zero-order valence-corrected chi connectivity index (χ0v) is 13.3. The van der Waals surface area contributed by atoms with Crippen molar-refractivity contribution in [3.63, 3.8) is 0 Å². The minimum atomic E-state index is -4.72. The molecule has 1 aliphatic rings. The summed E-state index contributed by atoms with van der Waals surface area (Å²) in [6.45, 7) is 2.10. The number of alkyl halides is 6. The van der Waals surface area contributed by atoms with E-state index in [1.54, 1.807) is 4.90 Å². The highest BCUT2D eigenvalue weighted by atomic mass is 32.1. The third-order valence-corrected chi connectivity index (χ3v) is 4.60. The van der Waals surface area contributed by atoms with E-state index in [4.69, 9.17) is 0 Å². The molecule has 5 nitrogen and oxygen atoms in total. The van der Waals surface area contributed by atoms with Gasteiger partial charge in [-0.3, -0.25) is 0 Å². The first-order valence-electron chi connectivity index (χ1n) is 7.09. The van der Waals surface area contributed by atoms with Crippen molar-refractivity contribution in [2.75, 3.05) is 31.1 Å². The molecule has 2 aromatic heterocycles. The van der Waals surface area contributed by atoms with Crippen LogP contribution in [0, 0.1) is 0 Å². The van der Waals surface area contributed by atoms with E-state index in [9.17, 15) is 26.3 Å². The number of nitrogens with one attached hydrogen (secondary N) is 1. The monoisotopic (exact) mass is 383 g/mol. The van der Waals surface area contributed by atoms with E-state index >= 15 is 0 Å². The highest BCUT2D eigenvalue weighted by molar-refractivity contribution is 7.16. The fourth-order valence-corrected chi connectivity index (χ4v) is 3.31. The Morgan fingerprint density at radius 2 is 1.56 bits per heavy atom. The Morgan fingerprint density at radius 3 is 2.08 bits per heavy atom. The number of piperazine rings is 1. The minimum Gasteiger partial charge on any atom is -0.359 e. The van der Waals surface area contributed by atoms with Gasteiger partial charge in [-0.05, 0) is 0 Å². The Hall–Kier alpha value is -1.95. The normalized spacial score (nSPS) is 16.3. The van der Waals surface area contributed by atoms with Gasteiger partial charge < -0.3 is 10.2 Å². The number of nitrogens with zero attached hydrogens (tertiary/aromatic N) is 4. The zero-order valence-electron chi connectivity index (χ0n) is 12.4. The Kier molecular flexibility index (Phi) is 4.58. The summed E-state index contributed by atoms with van der Waals surface area (Å²) in [4.78, 5) is 11.7. The summed E-state index contributed by atoms with van der Waals surface area (Å²) in [5.74, 6) is -1.36. The maximum Gasteiger partial charge on any atom is 0.451 e. The third kappa shape index (κ3) is 3.84. The molecule has 1 N–H and O–H groups in total. The lowest BCUT2D eigenvalue weighted by molar-refractivity contribution is -0.145. The van der Waals surface area contributed by atoms with E-state index in [0.29, 0.717) is 37.5 Å². The summed E-state index contributed by atoms with van der Waals surface area (Å²) in [6, 6.07) is 0. The summed E-state index contributed by atoms with van der Waals surface area (Å²) in [6.07, 6.45) is -7.68. The molecule has 0 aliphatic carbocycles. The van der Waals surface area contributed by atoms with E-state index < -0.39 is 23.2 Å². The predicted molar refractivity (Wildman–Crippen MR) is 78.2 cm³/mol. The van der Waals surface area contributed by atoms with Crippen LogP contribution in [0.1, 0.15) is 10.8 Å². The van der Waals surface area contributed by atoms with Gasteiger partial charge in [-0.2, -0.15) is 26.3 Å². The molecule has 3 heterocycles. The van der Waals surface area contributed by atoms with Crippen LogP contribution in [0.5, 0.6) is 0 Å². The second kappa shape index (κ2) is 6.41. The second-order valence-electron chi connectivity index (χ2n) is 5.20. The molecule has 2 aromatic rings. The average molecular weight is 383 g/mol. The van der Waals surface area contributed by atoms with Gasteiger partial charge >= 0.3 is 12.4 Å². The largest absolute Gasteiger partial charge is 0.451 e. The van der Waals surface area contributed by atoms with Crippen LogP contribution >= 0.6 is 11.3 Å². The molecule has 1 fully saturated rings. The van der Waals surface area contributed by atoms with E-state index in [2.05, 4.69) is 20.3 Å². The van der Waals surface area contributed by atoms with E-state index in [0.717, 1.165) is 12.4 Å². The highest BCUT2D eigenvalue weighted by Gasteiger charge is 2.38. The third-order valence-electron chi connectivity index (χ3n) is 3.43. The molecule has 0 amide bonds. The van der Waals surface area contributed by atoms with E-state index in [-0.39, 0.29) is 16.3 Å². The smallest absolute Gasteiger partial charge is 0.359 e. The molecule has 0 spiro atoms. The van der Waals surface area contributed by atoms with Crippen molar-refractivity contribution in [3.8, 4) is 11.3 Å². The van der Waals surface area contributed by atoms with Crippen LogP contribution in [-0.4, -0.2) is 41.1 Å². The molecule has 3 rings (SSSR count). The number of halogens is 6. The predicted octanol–water partition coefficient (Wildman–Crippen LogP) is 3.05. The molecule has 1 saturated heterocycles. The van der Waals surface area contributed by atoms with Gasteiger partial charge in [0.15, 0.2) is 0 Å². The lowest BCUT2D eigenvalue weighted by Crippen LogP contribution is -2.43. The number of hydrogen-bond acceptors (Lipinski definition) is 6. The van der Waals surface area contributed by atoms with Crippen molar-refractivity contribution in [2.45, 2.75) is 12.4 Å². The first-order valence-corrected chi connectivity index (χ1v) is 7.91. The lowest BCUT2D eigenvalue weighted by Gasteiger charge is -2.28. The van der Waals surface area contributed by atoms with Gasteiger partial charge in [-0.1, -0.05) is 11.3 Å². The SMILES string of the molecule is FC(F)(F)c1ncc(-c2nc(C(F)(F)F)sc2N2CCNCC2)cn1. The first-order chi connectivity index (χ1) is 11.7. The quantitative estimate of drug-likeness (QED) is 0.808. The molecule has 0 bridgehead atoms. The van der Waals surface area contributed by atoms with Gasteiger partial charge in [0.25, 0.3) is 0 Å². The average Bonchev–Trinajstić information content (AvgIpc) is 3.00. The van der Waals surface area contributed by atoms with Crippen LogP contribution in [0.2, 0.25) is 0 Å². The number of anilines is 1. The molecule has 0 radical (unpaired) electrons. The van der Waals surface area contributed by atoms with Crippen LogP contribution < -0.4 is 10.2 Å². The van der Waals surface area contributed by atoms with Crippen molar-refractivity contribution in [2.24, 2.45) is 0 Å². The van der Waals surface area contributed by atoms with Crippen molar-refractivity contribution in [1.29, 1.82) is 0 Å². The van der Waals surface area contributed by atoms with Crippen molar-refractivity contribution < 1.29 is 26.3 Å². The molecular weight excluding hydrogens is 372 g/mol. The molecule has 0 saturated carbocycles. The van der Waals surface area contributed by atoms with Gasteiger partial charge in [-0.25, -0.2) is 15.0 Å². The van der Waals surface area contributed by atoms with Gasteiger partial charge in [0.1, 0.15) is 10.7 Å². The van der Waals surface area contributed by atoms with Crippen molar-refractivity contribution >= 4 is 16.3 Å². The molecule has 1 aliphatic heterocycles. The molecule has 136 valence electrons. The topological polar surface area (TPSA) is 53.9 Å². The first kappa shape index (κ1) is 17.9. The van der Waals surface area contributed by atoms with Crippen LogP contribution in [0.15, 0.2) is 12.4 Å². The summed E-state index contributed by atoms with van der Waals surface area (Å²) in [7, 11) is 0. The highest BCUT2D eigenvalue weighted by Crippen LogP contribution is 2.42. The van der Waals surface area contributed by atoms with Crippen molar-refractivity contribution in [1.82, 2.24) is 20.3 Å². The van der Waals surface area contributed by atoms with Crippen molar-refractivity contribution in [3.05, 3.63) is 23.2 Å². The number of aromatic nitrogens is 3. The van der Waals surface area contributed by atoms with E-state index in [1.165, 1.54) is 0 Å². The summed E-state index contributed by atoms with van der Waals surface area (Å²) in [5.41, 5.74) is -0.0544. The van der Waals surface area contributed by atoms with Crippen LogP contribution in [0.3, 0.4) is 0 Å². The maximum atomic E-state index is 13.0. The molecule has 0 aromatic carbocycles. The Bertz CT molecular complexity index is 733. The fourth-order valence-electron chi connectivity index (χ4n) is 2.30. The second-order valence-corrected chi connectivity index (χ2v) is 6.18. The molecule has 0 unspecified atom stereocenters.